The summed E-state index contributed by atoms with van der Waals surface area (Å²) in [6, 6.07) is 0. The van der Waals surface area contributed by atoms with E-state index in [1.54, 1.807) is 0 Å². The molecule has 1 aliphatic heterocycles. The van der Waals surface area contributed by atoms with Crippen molar-refractivity contribution < 1.29 is 14.9 Å². The lowest BCUT2D eigenvalue weighted by atomic mass is 9.55. The highest BCUT2D eigenvalue weighted by atomic mass is 16.6. The molecule has 0 bridgehead atoms. The standard InChI is InChI=1S/C15H24O3/c1-8-4-5-11(16)15(3)7-6-10-9(2)14(17)18-13(10)12(8)15/h4,9-14,16-17H,5-7H2,1-3H3. The third-order valence-electron chi connectivity index (χ3n) is 5.81. The summed E-state index contributed by atoms with van der Waals surface area (Å²) < 4.78 is 5.83. The summed E-state index contributed by atoms with van der Waals surface area (Å²) in [5.41, 5.74) is 1.25. The van der Waals surface area contributed by atoms with Gasteiger partial charge in [0.25, 0.3) is 0 Å². The molecule has 0 aromatic rings. The zero-order valence-corrected chi connectivity index (χ0v) is 11.5. The van der Waals surface area contributed by atoms with Gasteiger partial charge in [0.2, 0.25) is 0 Å². The fourth-order valence-electron chi connectivity index (χ4n) is 4.50. The average Bonchev–Trinajstić information content (AvgIpc) is 2.60. The van der Waals surface area contributed by atoms with Crippen LogP contribution in [-0.4, -0.2) is 28.7 Å². The number of ether oxygens (including phenoxy) is 1. The molecular weight excluding hydrogens is 228 g/mol. The molecule has 3 rings (SSSR count). The monoisotopic (exact) mass is 252 g/mol. The average molecular weight is 252 g/mol. The normalized spacial score (nSPS) is 55.7. The highest BCUT2D eigenvalue weighted by Crippen LogP contribution is 2.56. The third-order valence-corrected chi connectivity index (χ3v) is 5.81. The summed E-state index contributed by atoms with van der Waals surface area (Å²) in [7, 11) is 0. The largest absolute Gasteiger partial charge is 0.392 e. The third kappa shape index (κ3) is 1.54. The Morgan fingerprint density at radius 1 is 1.39 bits per heavy atom. The molecule has 7 unspecified atom stereocenters. The molecule has 3 heteroatoms. The molecule has 7 atom stereocenters. The van der Waals surface area contributed by atoms with Gasteiger partial charge in [0.05, 0.1) is 12.2 Å². The fourth-order valence-corrected chi connectivity index (χ4v) is 4.50. The van der Waals surface area contributed by atoms with Gasteiger partial charge in [0, 0.05) is 17.3 Å². The summed E-state index contributed by atoms with van der Waals surface area (Å²) in [4.78, 5) is 0. The van der Waals surface area contributed by atoms with Crippen LogP contribution in [0.2, 0.25) is 0 Å². The second kappa shape index (κ2) is 4.06. The van der Waals surface area contributed by atoms with Gasteiger partial charge in [-0.1, -0.05) is 25.5 Å². The SMILES string of the molecule is CC1=CCC(O)C2(C)CCC3C(C)C(O)OC3C12. The number of aliphatic hydroxyl groups excluding tert-OH is 2. The summed E-state index contributed by atoms with van der Waals surface area (Å²) >= 11 is 0. The minimum absolute atomic E-state index is 0.0796. The van der Waals surface area contributed by atoms with Crippen molar-refractivity contribution >= 4 is 0 Å². The van der Waals surface area contributed by atoms with Crippen LogP contribution in [0.15, 0.2) is 11.6 Å². The first-order valence-corrected chi connectivity index (χ1v) is 7.13. The molecule has 0 aromatic carbocycles. The quantitative estimate of drug-likeness (QED) is 0.649. The molecule has 1 saturated heterocycles. The van der Waals surface area contributed by atoms with Gasteiger partial charge in [-0.25, -0.2) is 0 Å². The molecule has 1 saturated carbocycles. The summed E-state index contributed by atoms with van der Waals surface area (Å²) in [5, 5.41) is 20.3. The molecule has 0 spiro atoms. The lowest BCUT2D eigenvalue weighted by Crippen LogP contribution is -2.52. The van der Waals surface area contributed by atoms with Gasteiger partial charge in [-0.2, -0.15) is 0 Å². The second-order valence-corrected chi connectivity index (χ2v) is 6.74. The van der Waals surface area contributed by atoms with Crippen LogP contribution in [0.25, 0.3) is 0 Å². The molecule has 2 N–H and O–H groups in total. The van der Waals surface area contributed by atoms with Crippen LogP contribution in [0.5, 0.6) is 0 Å². The van der Waals surface area contributed by atoms with Gasteiger partial charge in [-0.3, -0.25) is 0 Å². The topological polar surface area (TPSA) is 49.7 Å². The van der Waals surface area contributed by atoms with Crippen LogP contribution in [0.4, 0.5) is 0 Å². The number of hydrogen-bond acceptors (Lipinski definition) is 3. The Hall–Kier alpha value is -0.380. The number of hydrogen-bond donors (Lipinski definition) is 2. The zero-order chi connectivity index (χ0) is 13.1. The minimum atomic E-state index is -0.630. The van der Waals surface area contributed by atoms with Crippen LogP contribution in [0.3, 0.4) is 0 Å². The Bertz CT molecular complexity index is 378. The predicted molar refractivity (Wildman–Crippen MR) is 68.7 cm³/mol. The maximum atomic E-state index is 10.4. The first-order chi connectivity index (χ1) is 8.45. The smallest absolute Gasteiger partial charge is 0.157 e. The first-order valence-electron chi connectivity index (χ1n) is 7.13. The molecule has 2 fully saturated rings. The van der Waals surface area contributed by atoms with Crippen LogP contribution >= 0.6 is 0 Å². The molecule has 0 amide bonds. The van der Waals surface area contributed by atoms with Crippen LogP contribution < -0.4 is 0 Å². The van der Waals surface area contributed by atoms with E-state index in [2.05, 4.69) is 26.8 Å². The van der Waals surface area contributed by atoms with Gasteiger partial charge in [-0.05, 0) is 32.1 Å². The lowest BCUT2D eigenvalue weighted by molar-refractivity contribution is -0.149. The Labute approximate surface area is 109 Å². The van der Waals surface area contributed by atoms with Crippen molar-refractivity contribution in [2.45, 2.75) is 58.5 Å². The lowest BCUT2D eigenvalue weighted by Gasteiger charge is -2.52. The Morgan fingerprint density at radius 3 is 2.83 bits per heavy atom. The zero-order valence-electron chi connectivity index (χ0n) is 11.5. The molecule has 0 radical (unpaired) electrons. The maximum Gasteiger partial charge on any atom is 0.157 e. The van der Waals surface area contributed by atoms with E-state index in [1.807, 2.05) is 0 Å². The van der Waals surface area contributed by atoms with Crippen molar-refractivity contribution in [3.8, 4) is 0 Å². The van der Waals surface area contributed by atoms with Crippen LogP contribution in [0.1, 0.15) is 40.0 Å². The van der Waals surface area contributed by atoms with Gasteiger partial charge in [0.1, 0.15) is 0 Å². The van der Waals surface area contributed by atoms with Gasteiger partial charge < -0.3 is 14.9 Å². The van der Waals surface area contributed by atoms with E-state index in [9.17, 15) is 10.2 Å². The Balaban J connectivity index is 1.98. The van der Waals surface area contributed by atoms with Gasteiger partial charge in [-0.15, -0.1) is 0 Å². The molecule has 3 nitrogen and oxygen atoms in total. The van der Waals surface area contributed by atoms with Crippen molar-refractivity contribution in [3.63, 3.8) is 0 Å². The maximum absolute atomic E-state index is 10.4. The highest BCUT2D eigenvalue weighted by Gasteiger charge is 2.57. The minimum Gasteiger partial charge on any atom is -0.392 e. The summed E-state index contributed by atoms with van der Waals surface area (Å²) in [6.07, 6.45) is 4.18. The Kier molecular flexibility index (Phi) is 2.85. The second-order valence-electron chi connectivity index (χ2n) is 6.74. The molecule has 0 aromatic heterocycles. The summed E-state index contributed by atoms with van der Waals surface area (Å²) in [5.74, 6) is 0.915. The number of aliphatic hydroxyl groups is 2. The van der Waals surface area contributed by atoms with Crippen LogP contribution in [0, 0.1) is 23.2 Å². The molecule has 1 heterocycles. The van der Waals surface area contributed by atoms with Gasteiger partial charge in [0.15, 0.2) is 6.29 Å². The Morgan fingerprint density at radius 2 is 2.11 bits per heavy atom. The van der Waals surface area contributed by atoms with E-state index in [4.69, 9.17) is 4.74 Å². The van der Waals surface area contributed by atoms with Crippen molar-refractivity contribution in [2.24, 2.45) is 23.2 Å². The first kappa shape index (κ1) is 12.6. The molecular formula is C15H24O3. The van der Waals surface area contributed by atoms with Crippen LogP contribution in [-0.2, 0) is 4.74 Å². The number of rotatable bonds is 0. The van der Waals surface area contributed by atoms with Crippen molar-refractivity contribution in [2.75, 3.05) is 0 Å². The van der Waals surface area contributed by atoms with E-state index in [-0.39, 0.29) is 29.5 Å². The van der Waals surface area contributed by atoms with Crippen molar-refractivity contribution in [1.82, 2.24) is 0 Å². The van der Waals surface area contributed by atoms with Crippen molar-refractivity contribution in [3.05, 3.63) is 11.6 Å². The summed E-state index contributed by atoms with van der Waals surface area (Å²) in [6.45, 7) is 6.42. The predicted octanol–water partition coefficient (Wildman–Crippen LogP) is 2.08. The molecule has 18 heavy (non-hydrogen) atoms. The van der Waals surface area contributed by atoms with Gasteiger partial charge >= 0.3 is 0 Å². The van der Waals surface area contributed by atoms with E-state index in [1.165, 1.54) is 5.57 Å². The highest BCUT2D eigenvalue weighted by molar-refractivity contribution is 5.21. The molecule has 3 aliphatic rings. The fraction of sp³-hybridized carbons (Fsp3) is 0.867. The van der Waals surface area contributed by atoms with E-state index in [0.29, 0.717) is 5.92 Å². The number of fused-ring (bicyclic) bond motifs is 3. The molecule has 102 valence electrons. The van der Waals surface area contributed by atoms with E-state index >= 15 is 0 Å². The van der Waals surface area contributed by atoms with E-state index < -0.39 is 6.29 Å². The van der Waals surface area contributed by atoms with E-state index in [0.717, 1.165) is 19.3 Å². The molecule has 2 aliphatic carbocycles. The van der Waals surface area contributed by atoms with Crippen molar-refractivity contribution in [1.29, 1.82) is 0 Å².